The fourth-order valence-electron chi connectivity index (χ4n) is 3.68. The van der Waals surface area contributed by atoms with E-state index in [0.29, 0.717) is 12.3 Å². The number of hydrogen-bond donors (Lipinski definition) is 0. The van der Waals surface area contributed by atoms with Gasteiger partial charge in [-0.25, -0.2) is 0 Å². The summed E-state index contributed by atoms with van der Waals surface area (Å²) in [7, 11) is -0.519. The van der Waals surface area contributed by atoms with Crippen LogP contribution in [-0.2, 0) is 21.2 Å². The van der Waals surface area contributed by atoms with Crippen molar-refractivity contribution in [2.75, 3.05) is 18.6 Å². The predicted molar refractivity (Wildman–Crippen MR) is 126 cm³/mol. The Bertz CT molecular complexity index is 992. The molecular weight excluding hydrogens is 404 g/mol. The second-order valence-electron chi connectivity index (χ2n) is 9.73. The maximum absolute atomic E-state index is 13.9. The van der Waals surface area contributed by atoms with Crippen LogP contribution in [0.2, 0.25) is 18.1 Å². The molecule has 0 radical (unpaired) electrons. The van der Waals surface area contributed by atoms with Crippen LogP contribution in [0.1, 0.15) is 38.3 Å². The first-order valence-corrected chi connectivity index (χ1v) is 13.5. The van der Waals surface area contributed by atoms with Crippen molar-refractivity contribution in [3.8, 4) is 11.8 Å². The van der Waals surface area contributed by atoms with E-state index >= 15 is 0 Å². The largest absolute Gasteiger partial charge is 0.497 e. The molecular formula is C25H32N2O3Si. The number of rotatable bonds is 7. The zero-order chi connectivity index (χ0) is 22.9. The van der Waals surface area contributed by atoms with E-state index in [4.69, 9.17) is 9.16 Å². The molecule has 0 N–H and O–H groups in total. The van der Waals surface area contributed by atoms with Crippen molar-refractivity contribution in [1.29, 1.82) is 5.26 Å². The molecule has 0 aliphatic carbocycles. The normalized spacial score (nSPS) is 18.6. The fourth-order valence-corrected chi connectivity index (χ4v) is 4.72. The highest BCUT2D eigenvalue weighted by atomic mass is 28.4. The molecule has 164 valence electrons. The lowest BCUT2D eigenvalue weighted by Crippen LogP contribution is -2.49. The molecule has 31 heavy (non-hydrogen) atoms. The highest BCUT2D eigenvalue weighted by Gasteiger charge is 2.53. The highest BCUT2D eigenvalue weighted by molar-refractivity contribution is 6.74. The molecule has 0 saturated carbocycles. The van der Waals surface area contributed by atoms with E-state index in [0.717, 1.165) is 16.8 Å². The number of nitriles is 1. The third kappa shape index (κ3) is 4.25. The van der Waals surface area contributed by atoms with Crippen LogP contribution >= 0.6 is 0 Å². The van der Waals surface area contributed by atoms with Crippen molar-refractivity contribution in [2.24, 2.45) is 0 Å². The van der Waals surface area contributed by atoms with E-state index in [1.807, 2.05) is 48.5 Å². The van der Waals surface area contributed by atoms with Crippen LogP contribution in [0.4, 0.5) is 5.69 Å². The summed E-state index contributed by atoms with van der Waals surface area (Å²) >= 11 is 0. The average Bonchev–Trinajstić information content (AvgIpc) is 2.95. The van der Waals surface area contributed by atoms with E-state index in [2.05, 4.69) is 39.9 Å². The monoisotopic (exact) mass is 436 g/mol. The smallest absolute Gasteiger partial charge is 0.241 e. The predicted octanol–water partition coefficient (Wildman–Crippen LogP) is 5.42. The molecule has 6 heteroatoms. The summed E-state index contributed by atoms with van der Waals surface area (Å²) in [5.41, 5.74) is 1.63. The number of carbonyl (C=O) groups is 1. The van der Waals surface area contributed by atoms with Gasteiger partial charge in [-0.05, 0) is 47.5 Å². The van der Waals surface area contributed by atoms with Gasteiger partial charge in [0.15, 0.2) is 8.32 Å². The first-order chi connectivity index (χ1) is 14.6. The van der Waals surface area contributed by atoms with Gasteiger partial charge in [0.25, 0.3) is 0 Å². The van der Waals surface area contributed by atoms with Gasteiger partial charge in [-0.2, -0.15) is 5.26 Å². The van der Waals surface area contributed by atoms with Crippen LogP contribution in [0.15, 0.2) is 48.5 Å². The summed E-state index contributed by atoms with van der Waals surface area (Å²) in [4.78, 5) is 15.7. The topological polar surface area (TPSA) is 62.6 Å². The number of nitrogens with zero attached hydrogens (tertiary/aromatic N) is 2. The van der Waals surface area contributed by atoms with Crippen molar-refractivity contribution >= 4 is 19.9 Å². The van der Waals surface area contributed by atoms with Gasteiger partial charge in [-0.3, -0.25) is 4.79 Å². The number of anilines is 1. The minimum absolute atomic E-state index is 0.00339. The van der Waals surface area contributed by atoms with Gasteiger partial charge in [0, 0.05) is 5.69 Å². The minimum atomic E-state index is -2.13. The average molecular weight is 437 g/mol. The molecule has 3 rings (SSSR count). The van der Waals surface area contributed by atoms with E-state index < -0.39 is 13.7 Å². The number of ether oxygens (including phenoxy) is 1. The number of fused-ring (bicyclic) bond motifs is 1. The van der Waals surface area contributed by atoms with Crippen LogP contribution < -0.4 is 9.64 Å². The minimum Gasteiger partial charge on any atom is -0.497 e. The Balaban J connectivity index is 2.07. The van der Waals surface area contributed by atoms with Crippen LogP contribution in [0.3, 0.4) is 0 Å². The quantitative estimate of drug-likeness (QED) is 0.544. The molecule has 2 aromatic rings. The zero-order valence-electron chi connectivity index (χ0n) is 19.4. The first kappa shape index (κ1) is 23.0. The van der Waals surface area contributed by atoms with E-state index in [1.54, 1.807) is 12.0 Å². The molecule has 0 aromatic heterocycles. The fraction of sp³-hybridized carbons (Fsp3) is 0.440. The Hall–Kier alpha value is -2.62. The number of benzene rings is 2. The summed E-state index contributed by atoms with van der Waals surface area (Å²) in [5, 5.41) is 9.73. The van der Waals surface area contributed by atoms with E-state index in [-0.39, 0.29) is 24.0 Å². The van der Waals surface area contributed by atoms with Gasteiger partial charge in [-0.1, -0.05) is 51.1 Å². The van der Waals surface area contributed by atoms with Crippen LogP contribution in [0, 0.1) is 11.3 Å². The number of amides is 1. The molecule has 0 bridgehead atoms. The summed E-state index contributed by atoms with van der Waals surface area (Å²) in [6.07, 6.45) is 0.0614. The molecule has 1 aliphatic rings. The van der Waals surface area contributed by atoms with Crippen molar-refractivity contribution in [3.05, 3.63) is 59.7 Å². The summed E-state index contributed by atoms with van der Waals surface area (Å²) < 4.78 is 12.0. The third-order valence-electron chi connectivity index (χ3n) is 6.71. The lowest BCUT2D eigenvalue weighted by molar-refractivity contribution is -0.124. The van der Waals surface area contributed by atoms with Gasteiger partial charge < -0.3 is 14.1 Å². The van der Waals surface area contributed by atoms with E-state index in [9.17, 15) is 10.1 Å². The Morgan fingerprint density at radius 2 is 1.81 bits per heavy atom. The summed E-state index contributed by atoms with van der Waals surface area (Å²) in [6.45, 7) is 11.5. The number of methoxy groups -OCH3 is 1. The molecule has 5 nitrogen and oxygen atoms in total. The van der Waals surface area contributed by atoms with Crippen molar-refractivity contribution in [3.63, 3.8) is 0 Å². The van der Waals surface area contributed by atoms with Crippen LogP contribution in [-0.4, -0.2) is 27.9 Å². The molecule has 0 spiro atoms. The lowest BCUT2D eigenvalue weighted by atomic mass is 9.79. The van der Waals surface area contributed by atoms with Gasteiger partial charge in [0.05, 0.1) is 32.8 Å². The molecule has 2 aromatic carbocycles. The van der Waals surface area contributed by atoms with E-state index in [1.165, 1.54) is 0 Å². The van der Waals surface area contributed by atoms with Crippen molar-refractivity contribution in [2.45, 2.75) is 57.3 Å². The SMILES string of the molecule is COc1ccc2c(c1)[C@@](CC#N)(CO[Si](C)(C)C(C)(C)C)C(=O)N2Cc1ccccc1. The molecule has 0 saturated heterocycles. The molecule has 1 atom stereocenters. The second kappa shape index (κ2) is 8.49. The summed E-state index contributed by atoms with van der Waals surface area (Å²) in [6, 6.07) is 17.8. The third-order valence-corrected chi connectivity index (χ3v) is 11.2. The molecule has 0 fully saturated rings. The Kier molecular flexibility index (Phi) is 6.31. The maximum atomic E-state index is 13.9. The van der Waals surface area contributed by atoms with Crippen LogP contribution in [0.25, 0.3) is 0 Å². The lowest BCUT2D eigenvalue weighted by Gasteiger charge is -2.39. The Morgan fingerprint density at radius 3 is 2.39 bits per heavy atom. The maximum Gasteiger partial charge on any atom is 0.241 e. The standard InChI is InChI=1S/C25H32N2O3Si/c1-24(2,3)31(5,6)30-18-25(14-15-26)21-16-20(29-4)12-13-22(21)27(23(25)28)17-19-10-8-7-9-11-19/h7-13,16H,14,17-18H2,1-6H3/t25-/m1/s1. The molecule has 0 unspecified atom stereocenters. The zero-order valence-corrected chi connectivity index (χ0v) is 20.4. The summed E-state index contributed by atoms with van der Waals surface area (Å²) in [5.74, 6) is 0.586. The number of hydrogen-bond acceptors (Lipinski definition) is 4. The molecule has 1 amide bonds. The van der Waals surface area contributed by atoms with Crippen molar-refractivity contribution < 1.29 is 14.0 Å². The van der Waals surface area contributed by atoms with Gasteiger partial charge >= 0.3 is 0 Å². The molecule has 1 aliphatic heterocycles. The first-order valence-electron chi connectivity index (χ1n) is 10.6. The Morgan fingerprint density at radius 1 is 1.13 bits per heavy atom. The molecule has 1 heterocycles. The highest BCUT2D eigenvalue weighted by Crippen LogP contribution is 2.48. The van der Waals surface area contributed by atoms with Gasteiger partial charge in [0.1, 0.15) is 11.2 Å². The number of carbonyl (C=O) groups excluding carboxylic acids is 1. The van der Waals surface area contributed by atoms with Gasteiger partial charge in [0.2, 0.25) is 5.91 Å². The second-order valence-corrected chi connectivity index (χ2v) is 14.5. The van der Waals surface area contributed by atoms with Gasteiger partial charge in [-0.15, -0.1) is 0 Å². The van der Waals surface area contributed by atoms with Crippen molar-refractivity contribution in [1.82, 2.24) is 0 Å². The van der Waals surface area contributed by atoms with Crippen LogP contribution in [0.5, 0.6) is 5.75 Å². The Labute approximate surface area is 186 Å².